The van der Waals surface area contributed by atoms with Crippen molar-refractivity contribution < 1.29 is 9.57 Å². The molecule has 72 valence electrons. The number of hydrogen-bond donors (Lipinski definition) is 1. The Hall–Kier alpha value is -0.120. The van der Waals surface area contributed by atoms with Crippen LogP contribution in [-0.4, -0.2) is 12.4 Å². The highest BCUT2D eigenvalue weighted by Crippen LogP contribution is 2.30. The molecule has 0 aliphatic carbocycles. The molecular formula is C9H19NO2. The lowest BCUT2D eigenvalue weighted by molar-refractivity contribution is -0.227. The Morgan fingerprint density at radius 1 is 1.42 bits per heavy atom. The van der Waals surface area contributed by atoms with Gasteiger partial charge in [-0.2, -0.15) is 0 Å². The molecule has 1 aliphatic rings. The van der Waals surface area contributed by atoms with E-state index in [0.29, 0.717) is 11.8 Å². The fourth-order valence-electron chi connectivity index (χ4n) is 1.74. The third-order valence-electron chi connectivity index (χ3n) is 2.61. The van der Waals surface area contributed by atoms with Crippen molar-refractivity contribution in [2.75, 3.05) is 0 Å². The molecule has 1 saturated heterocycles. The molecule has 0 amide bonds. The van der Waals surface area contributed by atoms with E-state index in [9.17, 15) is 0 Å². The minimum absolute atomic E-state index is 0.200. The van der Waals surface area contributed by atoms with E-state index < -0.39 is 0 Å². The summed E-state index contributed by atoms with van der Waals surface area (Å²) >= 11 is 0. The van der Waals surface area contributed by atoms with Crippen LogP contribution in [0.15, 0.2) is 0 Å². The van der Waals surface area contributed by atoms with Gasteiger partial charge in [-0.05, 0) is 25.7 Å². The zero-order chi connectivity index (χ0) is 9.14. The van der Waals surface area contributed by atoms with Gasteiger partial charge in [0.05, 0.1) is 6.10 Å². The smallest absolute Gasteiger partial charge is 0.180 e. The van der Waals surface area contributed by atoms with Crippen molar-refractivity contribution >= 4 is 0 Å². The monoisotopic (exact) mass is 173 g/mol. The molecule has 0 aromatic carbocycles. The van der Waals surface area contributed by atoms with Gasteiger partial charge in [-0.25, -0.2) is 5.90 Å². The lowest BCUT2D eigenvalue weighted by Gasteiger charge is -2.35. The Labute approximate surface area is 74.2 Å². The Balaban J connectivity index is 2.50. The third kappa shape index (κ3) is 2.19. The van der Waals surface area contributed by atoms with Gasteiger partial charge in [0.15, 0.2) is 6.29 Å². The summed E-state index contributed by atoms with van der Waals surface area (Å²) in [6.07, 6.45) is 2.35. The lowest BCUT2D eigenvalue weighted by Crippen LogP contribution is -2.39. The highest BCUT2D eigenvalue weighted by molar-refractivity contribution is 4.73. The lowest BCUT2D eigenvalue weighted by atomic mass is 9.87. The Morgan fingerprint density at radius 3 is 2.58 bits per heavy atom. The molecular weight excluding hydrogens is 154 g/mol. The van der Waals surface area contributed by atoms with E-state index in [-0.39, 0.29) is 12.4 Å². The first-order chi connectivity index (χ1) is 5.65. The second-order valence-corrected chi connectivity index (χ2v) is 3.94. The molecule has 0 spiro atoms. The normalized spacial score (nSPS) is 37.2. The SMILES string of the molecule is CC1CCC(C(C)C)C(ON)O1. The van der Waals surface area contributed by atoms with Gasteiger partial charge in [0.2, 0.25) is 0 Å². The standard InChI is InChI=1S/C9H19NO2/c1-6(2)8-5-4-7(3)11-9(8)12-10/h6-9H,4-5,10H2,1-3H3. The molecule has 0 bridgehead atoms. The van der Waals surface area contributed by atoms with Crippen LogP contribution in [0.3, 0.4) is 0 Å². The third-order valence-corrected chi connectivity index (χ3v) is 2.61. The van der Waals surface area contributed by atoms with E-state index in [1.807, 2.05) is 0 Å². The highest BCUT2D eigenvalue weighted by atomic mass is 16.8. The summed E-state index contributed by atoms with van der Waals surface area (Å²) < 4.78 is 5.56. The van der Waals surface area contributed by atoms with Crippen LogP contribution in [-0.2, 0) is 9.57 Å². The molecule has 0 saturated carbocycles. The summed E-state index contributed by atoms with van der Waals surface area (Å²) in [6, 6.07) is 0. The Morgan fingerprint density at radius 2 is 2.08 bits per heavy atom. The maximum atomic E-state index is 5.56. The number of hydrogen-bond acceptors (Lipinski definition) is 3. The molecule has 1 rings (SSSR count). The van der Waals surface area contributed by atoms with Crippen LogP contribution in [0, 0.1) is 11.8 Å². The Kier molecular flexibility index (Phi) is 3.50. The topological polar surface area (TPSA) is 44.5 Å². The summed E-state index contributed by atoms with van der Waals surface area (Å²) in [5, 5.41) is 0. The first kappa shape index (κ1) is 9.96. The summed E-state index contributed by atoms with van der Waals surface area (Å²) in [5.41, 5.74) is 0. The van der Waals surface area contributed by atoms with Crippen LogP contribution in [0.5, 0.6) is 0 Å². The van der Waals surface area contributed by atoms with Gasteiger partial charge >= 0.3 is 0 Å². The van der Waals surface area contributed by atoms with Crippen molar-refractivity contribution in [2.45, 2.75) is 46.0 Å². The number of rotatable bonds is 2. The predicted octanol–water partition coefficient (Wildman–Crippen LogP) is 1.67. The van der Waals surface area contributed by atoms with Gasteiger partial charge in [0.1, 0.15) is 0 Å². The van der Waals surface area contributed by atoms with Crippen LogP contribution in [0.2, 0.25) is 0 Å². The van der Waals surface area contributed by atoms with Gasteiger partial charge in [-0.1, -0.05) is 13.8 Å². The Bertz CT molecular complexity index is 138. The van der Waals surface area contributed by atoms with Gasteiger partial charge in [0.25, 0.3) is 0 Å². The quantitative estimate of drug-likeness (QED) is 0.646. The second kappa shape index (κ2) is 4.21. The van der Waals surface area contributed by atoms with E-state index in [0.717, 1.165) is 12.8 Å². The van der Waals surface area contributed by atoms with Crippen LogP contribution < -0.4 is 5.90 Å². The average Bonchev–Trinajstić information content (AvgIpc) is 2.03. The zero-order valence-electron chi connectivity index (χ0n) is 8.12. The maximum absolute atomic E-state index is 5.56. The maximum Gasteiger partial charge on any atom is 0.180 e. The summed E-state index contributed by atoms with van der Waals surface area (Å²) in [4.78, 5) is 4.81. The van der Waals surface area contributed by atoms with Crippen LogP contribution in [0.4, 0.5) is 0 Å². The molecule has 1 heterocycles. The molecule has 1 fully saturated rings. The van der Waals surface area contributed by atoms with Crippen molar-refractivity contribution in [2.24, 2.45) is 17.7 Å². The van der Waals surface area contributed by atoms with Crippen molar-refractivity contribution in [3.63, 3.8) is 0 Å². The minimum Gasteiger partial charge on any atom is -0.348 e. The van der Waals surface area contributed by atoms with Crippen LogP contribution in [0.1, 0.15) is 33.6 Å². The van der Waals surface area contributed by atoms with Gasteiger partial charge < -0.3 is 4.74 Å². The van der Waals surface area contributed by atoms with Crippen molar-refractivity contribution in [1.29, 1.82) is 0 Å². The molecule has 3 unspecified atom stereocenters. The molecule has 12 heavy (non-hydrogen) atoms. The number of nitrogens with two attached hydrogens (primary N) is 1. The second-order valence-electron chi connectivity index (χ2n) is 3.94. The van der Waals surface area contributed by atoms with E-state index in [1.165, 1.54) is 0 Å². The summed E-state index contributed by atoms with van der Waals surface area (Å²) in [5.74, 6) is 6.19. The predicted molar refractivity (Wildman–Crippen MR) is 47.2 cm³/mol. The van der Waals surface area contributed by atoms with Crippen molar-refractivity contribution in [3.05, 3.63) is 0 Å². The highest BCUT2D eigenvalue weighted by Gasteiger charge is 2.31. The van der Waals surface area contributed by atoms with Gasteiger partial charge in [-0.3, -0.25) is 4.84 Å². The van der Waals surface area contributed by atoms with E-state index in [1.54, 1.807) is 0 Å². The van der Waals surface area contributed by atoms with E-state index in [4.69, 9.17) is 15.5 Å². The van der Waals surface area contributed by atoms with Gasteiger partial charge in [0, 0.05) is 5.92 Å². The largest absolute Gasteiger partial charge is 0.348 e. The van der Waals surface area contributed by atoms with Gasteiger partial charge in [-0.15, -0.1) is 0 Å². The first-order valence-electron chi connectivity index (χ1n) is 4.66. The summed E-state index contributed by atoms with van der Waals surface area (Å²) in [7, 11) is 0. The molecule has 3 nitrogen and oxygen atoms in total. The molecule has 0 aromatic rings. The molecule has 3 atom stereocenters. The minimum atomic E-state index is -0.200. The van der Waals surface area contributed by atoms with Crippen molar-refractivity contribution in [1.82, 2.24) is 0 Å². The van der Waals surface area contributed by atoms with Crippen LogP contribution in [0.25, 0.3) is 0 Å². The van der Waals surface area contributed by atoms with E-state index in [2.05, 4.69) is 20.8 Å². The molecule has 2 N–H and O–H groups in total. The van der Waals surface area contributed by atoms with Crippen molar-refractivity contribution in [3.8, 4) is 0 Å². The zero-order valence-corrected chi connectivity index (χ0v) is 8.12. The molecule has 1 aliphatic heterocycles. The molecule has 0 radical (unpaired) electrons. The fourth-order valence-corrected chi connectivity index (χ4v) is 1.74. The number of ether oxygens (including phenoxy) is 1. The first-order valence-corrected chi connectivity index (χ1v) is 4.66. The van der Waals surface area contributed by atoms with Crippen LogP contribution >= 0.6 is 0 Å². The molecule has 3 heteroatoms. The summed E-state index contributed by atoms with van der Waals surface area (Å²) in [6.45, 7) is 6.41. The van der Waals surface area contributed by atoms with E-state index >= 15 is 0 Å². The molecule has 0 aromatic heterocycles. The average molecular weight is 173 g/mol. The fraction of sp³-hybridized carbons (Fsp3) is 1.00.